The van der Waals surface area contributed by atoms with Gasteiger partial charge >= 0.3 is 0 Å². The summed E-state index contributed by atoms with van der Waals surface area (Å²) in [5.74, 6) is 0.886. The van der Waals surface area contributed by atoms with Gasteiger partial charge in [0.05, 0.1) is 13.2 Å². The van der Waals surface area contributed by atoms with Crippen molar-refractivity contribution in [2.75, 3.05) is 7.11 Å². The number of rotatable bonds is 6. The van der Waals surface area contributed by atoms with E-state index in [0.717, 1.165) is 28.6 Å². The van der Waals surface area contributed by atoms with Gasteiger partial charge in [0, 0.05) is 17.1 Å². The molecule has 5 heteroatoms. The first-order valence-electron chi connectivity index (χ1n) is 6.46. The third-order valence-electron chi connectivity index (χ3n) is 3.17. The molecule has 1 saturated carbocycles. The van der Waals surface area contributed by atoms with Gasteiger partial charge in [-0.05, 0) is 43.5 Å². The van der Waals surface area contributed by atoms with Crippen molar-refractivity contribution in [2.24, 2.45) is 0 Å². The molecule has 1 aromatic carbocycles. The topological polar surface area (TPSA) is 50.4 Å². The minimum Gasteiger partial charge on any atom is -0.497 e. The maximum absolute atomic E-state index is 11.8. The summed E-state index contributed by atoms with van der Waals surface area (Å²) < 4.78 is 6.21. The van der Waals surface area contributed by atoms with E-state index in [1.54, 1.807) is 7.11 Å². The zero-order valence-corrected chi connectivity index (χ0v) is 12.8. The monoisotopic (exact) mass is 326 g/mol. The largest absolute Gasteiger partial charge is 0.497 e. The van der Waals surface area contributed by atoms with Gasteiger partial charge in [-0.15, -0.1) is 0 Å². The number of carbonyl (C=O) groups excluding carboxylic acids is 1. The molecule has 0 radical (unpaired) electrons. The van der Waals surface area contributed by atoms with Crippen LogP contribution in [0.15, 0.2) is 22.7 Å². The summed E-state index contributed by atoms with van der Waals surface area (Å²) in [5.41, 5.74) is 1.07. The summed E-state index contributed by atoms with van der Waals surface area (Å²) in [6, 6.07) is 6.02. The first-order chi connectivity index (χ1) is 9.10. The second-order valence-corrected chi connectivity index (χ2v) is 5.70. The molecule has 1 aromatic rings. The number of nitrogens with one attached hydrogen (secondary N) is 2. The molecule has 0 bridgehead atoms. The van der Waals surface area contributed by atoms with Crippen LogP contribution in [0.25, 0.3) is 0 Å². The molecule has 1 amide bonds. The molecule has 0 spiro atoms. The van der Waals surface area contributed by atoms with Crippen LogP contribution in [-0.2, 0) is 11.3 Å². The molecule has 1 unspecified atom stereocenters. The Hall–Kier alpha value is -1.07. The fraction of sp³-hybridized carbons (Fsp3) is 0.500. The zero-order valence-electron chi connectivity index (χ0n) is 11.2. The SMILES string of the molecule is COc1ccc(Br)c(CNC(C)C(=O)NC2CC2)c1. The molecule has 2 N–H and O–H groups in total. The Morgan fingerprint density at radius 1 is 1.53 bits per heavy atom. The lowest BCUT2D eigenvalue weighted by Crippen LogP contribution is -2.42. The molecule has 2 rings (SSSR count). The summed E-state index contributed by atoms with van der Waals surface area (Å²) >= 11 is 3.50. The number of hydrogen-bond acceptors (Lipinski definition) is 3. The second-order valence-electron chi connectivity index (χ2n) is 4.84. The molecule has 4 nitrogen and oxygen atoms in total. The Kier molecular flexibility index (Phi) is 4.82. The van der Waals surface area contributed by atoms with Crippen molar-refractivity contribution in [1.82, 2.24) is 10.6 Å². The minimum atomic E-state index is -0.196. The van der Waals surface area contributed by atoms with Gasteiger partial charge in [0.25, 0.3) is 0 Å². The molecule has 0 aliphatic heterocycles. The van der Waals surface area contributed by atoms with Crippen LogP contribution in [0.5, 0.6) is 5.75 Å². The van der Waals surface area contributed by atoms with E-state index in [2.05, 4.69) is 26.6 Å². The van der Waals surface area contributed by atoms with Crippen LogP contribution < -0.4 is 15.4 Å². The Labute approximate surface area is 122 Å². The zero-order chi connectivity index (χ0) is 13.8. The smallest absolute Gasteiger partial charge is 0.237 e. The van der Waals surface area contributed by atoms with Gasteiger partial charge in [0.1, 0.15) is 5.75 Å². The third kappa shape index (κ3) is 4.21. The molecule has 1 atom stereocenters. The number of carbonyl (C=O) groups is 1. The van der Waals surface area contributed by atoms with Crippen molar-refractivity contribution in [3.8, 4) is 5.75 Å². The quantitative estimate of drug-likeness (QED) is 0.842. The summed E-state index contributed by atoms with van der Waals surface area (Å²) in [7, 11) is 1.64. The standard InChI is InChI=1S/C14H19BrN2O2/c1-9(14(18)17-11-3-4-11)16-8-10-7-12(19-2)5-6-13(10)15/h5-7,9,11,16H,3-4,8H2,1-2H3,(H,17,18). The van der Waals surface area contributed by atoms with E-state index in [0.29, 0.717) is 12.6 Å². The molecule has 1 aliphatic rings. The lowest BCUT2D eigenvalue weighted by molar-refractivity contribution is -0.122. The van der Waals surface area contributed by atoms with Gasteiger partial charge in [0.15, 0.2) is 0 Å². The van der Waals surface area contributed by atoms with Crippen molar-refractivity contribution in [2.45, 2.75) is 38.4 Å². The van der Waals surface area contributed by atoms with Crippen molar-refractivity contribution in [3.05, 3.63) is 28.2 Å². The predicted octanol–water partition coefficient (Wildman–Crippen LogP) is 2.21. The molecule has 0 saturated heterocycles. The Balaban J connectivity index is 1.88. The first-order valence-corrected chi connectivity index (χ1v) is 7.25. The predicted molar refractivity (Wildman–Crippen MR) is 78.2 cm³/mol. The van der Waals surface area contributed by atoms with E-state index in [4.69, 9.17) is 4.74 Å². The normalized spacial score (nSPS) is 15.9. The second kappa shape index (κ2) is 6.39. The highest BCUT2D eigenvalue weighted by atomic mass is 79.9. The van der Waals surface area contributed by atoms with Crippen molar-refractivity contribution in [1.29, 1.82) is 0 Å². The lowest BCUT2D eigenvalue weighted by Gasteiger charge is -2.15. The number of hydrogen-bond donors (Lipinski definition) is 2. The fourth-order valence-electron chi connectivity index (χ4n) is 1.72. The van der Waals surface area contributed by atoms with Crippen molar-refractivity contribution >= 4 is 21.8 Å². The maximum Gasteiger partial charge on any atom is 0.237 e. The molecular weight excluding hydrogens is 308 g/mol. The van der Waals surface area contributed by atoms with E-state index in [1.165, 1.54) is 0 Å². The fourth-order valence-corrected chi connectivity index (χ4v) is 2.11. The summed E-state index contributed by atoms with van der Waals surface area (Å²) in [6.07, 6.45) is 2.22. The molecule has 0 heterocycles. The lowest BCUT2D eigenvalue weighted by atomic mass is 10.2. The number of halogens is 1. The molecule has 0 aromatic heterocycles. The molecule has 104 valence electrons. The number of amides is 1. The molecule has 19 heavy (non-hydrogen) atoms. The number of methoxy groups -OCH3 is 1. The van der Waals surface area contributed by atoms with Crippen LogP contribution in [0.4, 0.5) is 0 Å². The molecule has 1 fully saturated rings. The molecule has 1 aliphatic carbocycles. The Morgan fingerprint density at radius 3 is 2.89 bits per heavy atom. The van der Waals surface area contributed by atoms with Gasteiger partial charge in [-0.2, -0.15) is 0 Å². The Bertz CT molecular complexity index is 461. The van der Waals surface area contributed by atoms with Crippen LogP contribution in [0, 0.1) is 0 Å². The highest BCUT2D eigenvalue weighted by Crippen LogP contribution is 2.22. The maximum atomic E-state index is 11.8. The third-order valence-corrected chi connectivity index (χ3v) is 3.94. The van der Waals surface area contributed by atoms with Crippen molar-refractivity contribution in [3.63, 3.8) is 0 Å². The van der Waals surface area contributed by atoms with E-state index in [-0.39, 0.29) is 11.9 Å². The van der Waals surface area contributed by atoms with E-state index >= 15 is 0 Å². The summed E-state index contributed by atoms with van der Waals surface area (Å²) in [6.45, 7) is 2.50. The van der Waals surface area contributed by atoms with Crippen LogP contribution in [-0.4, -0.2) is 25.1 Å². The first kappa shape index (κ1) is 14.3. The van der Waals surface area contributed by atoms with Gasteiger partial charge in [0.2, 0.25) is 5.91 Å². The Morgan fingerprint density at radius 2 is 2.26 bits per heavy atom. The van der Waals surface area contributed by atoms with Gasteiger partial charge in [-0.3, -0.25) is 4.79 Å². The summed E-state index contributed by atoms with van der Waals surface area (Å²) in [5, 5.41) is 6.22. The van der Waals surface area contributed by atoms with Crippen LogP contribution >= 0.6 is 15.9 Å². The van der Waals surface area contributed by atoms with Crippen LogP contribution in [0.3, 0.4) is 0 Å². The van der Waals surface area contributed by atoms with E-state index < -0.39 is 0 Å². The summed E-state index contributed by atoms with van der Waals surface area (Å²) in [4.78, 5) is 11.8. The minimum absolute atomic E-state index is 0.0709. The number of benzene rings is 1. The van der Waals surface area contributed by atoms with Crippen molar-refractivity contribution < 1.29 is 9.53 Å². The van der Waals surface area contributed by atoms with Gasteiger partial charge in [-0.1, -0.05) is 15.9 Å². The highest BCUT2D eigenvalue weighted by Gasteiger charge is 2.25. The van der Waals surface area contributed by atoms with Crippen LogP contribution in [0.2, 0.25) is 0 Å². The van der Waals surface area contributed by atoms with E-state index in [1.807, 2.05) is 25.1 Å². The van der Waals surface area contributed by atoms with Gasteiger partial charge in [-0.25, -0.2) is 0 Å². The molecular formula is C14H19BrN2O2. The average Bonchev–Trinajstić information content (AvgIpc) is 3.21. The number of ether oxygens (including phenoxy) is 1. The van der Waals surface area contributed by atoms with Gasteiger partial charge < -0.3 is 15.4 Å². The van der Waals surface area contributed by atoms with E-state index in [9.17, 15) is 4.79 Å². The highest BCUT2D eigenvalue weighted by molar-refractivity contribution is 9.10. The van der Waals surface area contributed by atoms with Crippen LogP contribution in [0.1, 0.15) is 25.3 Å². The average molecular weight is 327 g/mol.